The zero-order chi connectivity index (χ0) is 15.8. The number of nitrogens with zero attached hydrogens (tertiary/aromatic N) is 2. The Morgan fingerprint density at radius 3 is 2.96 bits per heavy atom. The molecule has 0 atom stereocenters. The van der Waals surface area contributed by atoms with Gasteiger partial charge < -0.3 is 4.98 Å². The Bertz CT molecular complexity index is 1040. The normalized spacial score (nSPS) is 11.1. The largest absolute Gasteiger partial charge is 0.442 e. The van der Waals surface area contributed by atoms with Gasteiger partial charge in [0, 0.05) is 22.7 Å². The minimum atomic E-state index is -0.637. The van der Waals surface area contributed by atoms with Gasteiger partial charge in [-0.1, -0.05) is 29.4 Å². The van der Waals surface area contributed by atoms with E-state index in [1.165, 1.54) is 15.9 Å². The quantitative estimate of drug-likeness (QED) is 0.585. The van der Waals surface area contributed by atoms with E-state index in [0.717, 1.165) is 15.8 Å². The molecule has 1 N–H and O–H groups in total. The van der Waals surface area contributed by atoms with Crippen molar-refractivity contribution in [2.24, 2.45) is 0 Å². The molecule has 0 spiro atoms. The Labute approximate surface area is 134 Å². The van der Waals surface area contributed by atoms with Gasteiger partial charge in [-0.25, -0.2) is 9.36 Å². The van der Waals surface area contributed by atoms with Gasteiger partial charge in [0.2, 0.25) is 0 Å². The Hall–Kier alpha value is -2.93. The third-order valence-corrected chi connectivity index (χ3v) is 4.49. The van der Waals surface area contributed by atoms with Gasteiger partial charge in [0.15, 0.2) is 11.6 Å². The molecular formula is C16H11N3O3S. The summed E-state index contributed by atoms with van der Waals surface area (Å²) in [6.07, 6.45) is 1.66. The second kappa shape index (κ2) is 5.36. The van der Waals surface area contributed by atoms with Gasteiger partial charge in [0.25, 0.3) is 0 Å². The number of H-pyrrole nitrogens is 1. The lowest BCUT2D eigenvalue weighted by molar-refractivity contribution is 0.0971. The number of carbonyl (C=O) groups excluding carboxylic acids is 1. The molecule has 0 saturated carbocycles. The Morgan fingerprint density at radius 1 is 1.26 bits per heavy atom. The third kappa shape index (κ3) is 2.31. The Kier molecular flexibility index (Phi) is 3.20. The molecule has 7 heteroatoms. The Balaban J connectivity index is 1.73. The molecule has 6 nitrogen and oxygen atoms in total. The molecule has 1 aromatic carbocycles. The molecule has 0 aliphatic rings. The van der Waals surface area contributed by atoms with Crippen LogP contribution in [0.25, 0.3) is 21.6 Å². The third-order valence-electron chi connectivity index (χ3n) is 3.62. The van der Waals surface area contributed by atoms with E-state index in [-0.39, 0.29) is 12.3 Å². The Morgan fingerprint density at radius 2 is 2.13 bits per heavy atom. The van der Waals surface area contributed by atoms with Crippen LogP contribution < -0.4 is 5.76 Å². The SMILES string of the molecule is O=C(Cn1c(-c2cccs2)noc1=O)c1c[nH]c2ccccc12. The van der Waals surface area contributed by atoms with Crippen molar-refractivity contribution in [2.45, 2.75) is 6.54 Å². The molecule has 3 aromatic heterocycles. The summed E-state index contributed by atoms with van der Waals surface area (Å²) in [6, 6.07) is 11.2. The molecule has 0 unspecified atom stereocenters. The summed E-state index contributed by atoms with van der Waals surface area (Å²) < 4.78 is 5.99. The van der Waals surface area contributed by atoms with Gasteiger partial charge in [-0.2, -0.15) is 0 Å². The number of para-hydroxylation sites is 1. The zero-order valence-corrected chi connectivity index (χ0v) is 12.7. The van der Waals surface area contributed by atoms with Gasteiger partial charge >= 0.3 is 5.76 Å². The van der Waals surface area contributed by atoms with E-state index in [2.05, 4.69) is 10.1 Å². The minimum Gasteiger partial charge on any atom is -0.360 e. The highest BCUT2D eigenvalue weighted by atomic mass is 32.1. The first kappa shape index (κ1) is 13.7. The van der Waals surface area contributed by atoms with Crippen molar-refractivity contribution >= 4 is 28.0 Å². The van der Waals surface area contributed by atoms with Crippen LogP contribution in [0, 0.1) is 0 Å². The number of hydrogen-bond acceptors (Lipinski definition) is 5. The molecule has 0 aliphatic heterocycles. The first-order chi connectivity index (χ1) is 11.2. The van der Waals surface area contributed by atoms with E-state index < -0.39 is 5.76 Å². The standard InChI is InChI=1S/C16H11N3O3S/c20-13(11-8-17-12-5-2-1-4-10(11)12)9-19-15(18-22-16(19)21)14-6-3-7-23-14/h1-8,17H,9H2. The van der Waals surface area contributed by atoms with Crippen molar-refractivity contribution in [1.82, 2.24) is 14.7 Å². The predicted octanol–water partition coefficient (Wildman–Crippen LogP) is 2.93. The molecule has 0 aliphatic carbocycles. The molecule has 4 aromatic rings. The zero-order valence-electron chi connectivity index (χ0n) is 11.9. The lowest BCUT2D eigenvalue weighted by atomic mass is 10.1. The molecule has 0 saturated heterocycles. The monoisotopic (exact) mass is 325 g/mol. The first-order valence-corrected chi connectivity index (χ1v) is 7.82. The molecular weight excluding hydrogens is 314 g/mol. The molecule has 4 rings (SSSR count). The summed E-state index contributed by atoms with van der Waals surface area (Å²) in [5, 5.41) is 6.49. The average Bonchev–Trinajstić information content (AvgIpc) is 3.28. The number of fused-ring (bicyclic) bond motifs is 1. The lowest BCUT2D eigenvalue weighted by Gasteiger charge is -2.02. The number of thiophene rings is 1. The number of hydrogen-bond donors (Lipinski definition) is 1. The smallest absolute Gasteiger partial charge is 0.360 e. The summed E-state index contributed by atoms with van der Waals surface area (Å²) >= 11 is 1.43. The van der Waals surface area contributed by atoms with E-state index in [4.69, 9.17) is 4.52 Å². The van der Waals surface area contributed by atoms with Crippen molar-refractivity contribution < 1.29 is 9.32 Å². The number of ketones is 1. The molecule has 0 radical (unpaired) electrons. The second-order valence-electron chi connectivity index (χ2n) is 5.01. The summed E-state index contributed by atoms with van der Waals surface area (Å²) in [6.45, 7) is -0.114. The molecule has 0 amide bonds. The second-order valence-corrected chi connectivity index (χ2v) is 5.95. The van der Waals surface area contributed by atoms with Gasteiger partial charge in [-0.3, -0.25) is 9.32 Å². The summed E-state index contributed by atoms with van der Waals surface area (Å²) in [5.41, 5.74) is 1.43. The van der Waals surface area contributed by atoms with Crippen molar-refractivity contribution in [2.75, 3.05) is 0 Å². The highest BCUT2D eigenvalue weighted by molar-refractivity contribution is 7.13. The predicted molar refractivity (Wildman–Crippen MR) is 86.7 cm³/mol. The molecule has 0 fully saturated rings. The van der Waals surface area contributed by atoms with E-state index in [9.17, 15) is 9.59 Å². The fourth-order valence-electron chi connectivity index (χ4n) is 2.52. The summed E-state index contributed by atoms with van der Waals surface area (Å²) in [5.74, 6) is -0.440. The minimum absolute atomic E-state index is 0.114. The topological polar surface area (TPSA) is 80.9 Å². The van der Waals surface area contributed by atoms with Crippen LogP contribution in [0.3, 0.4) is 0 Å². The summed E-state index contributed by atoms with van der Waals surface area (Å²) in [4.78, 5) is 28.3. The van der Waals surface area contributed by atoms with Gasteiger partial charge in [0.1, 0.15) is 0 Å². The number of aromatic amines is 1. The maximum atomic E-state index is 12.6. The van der Waals surface area contributed by atoms with Crippen molar-refractivity contribution in [3.05, 3.63) is 64.1 Å². The van der Waals surface area contributed by atoms with Crippen LogP contribution in [-0.2, 0) is 6.54 Å². The molecule has 114 valence electrons. The van der Waals surface area contributed by atoms with Crippen LogP contribution in [0.2, 0.25) is 0 Å². The highest BCUT2D eigenvalue weighted by Crippen LogP contribution is 2.23. The molecule has 23 heavy (non-hydrogen) atoms. The van der Waals surface area contributed by atoms with E-state index in [1.807, 2.05) is 41.8 Å². The van der Waals surface area contributed by atoms with E-state index >= 15 is 0 Å². The maximum absolute atomic E-state index is 12.6. The number of nitrogens with one attached hydrogen (secondary N) is 1. The average molecular weight is 325 g/mol. The van der Waals surface area contributed by atoms with Gasteiger partial charge in [-0.05, 0) is 17.5 Å². The fourth-order valence-corrected chi connectivity index (χ4v) is 3.24. The van der Waals surface area contributed by atoms with Crippen LogP contribution in [0.5, 0.6) is 0 Å². The first-order valence-electron chi connectivity index (χ1n) is 6.94. The fraction of sp³-hybridized carbons (Fsp3) is 0.0625. The number of carbonyl (C=O) groups is 1. The van der Waals surface area contributed by atoms with Crippen molar-refractivity contribution in [3.63, 3.8) is 0 Å². The molecule has 3 heterocycles. The lowest BCUT2D eigenvalue weighted by Crippen LogP contribution is -2.21. The van der Waals surface area contributed by atoms with E-state index in [1.54, 1.807) is 6.20 Å². The van der Waals surface area contributed by atoms with Crippen molar-refractivity contribution in [1.29, 1.82) is 0 Å². The van der Waals surface area contributed by atoms with E-state index in [0.29, 0.717) is 11.4 Å². The van der Waals surface area contributed by atoms with Crippen LogP contribution in [0.15, 0.2) is 57.3 Å². The van der Waals surface area contributed by atoms with Gasteiger partial charge in [-0.15, -0.1) is 11.3 Å². The van der Waals surface area contributed by atoms with Crippen LogP contribution >= 0.6 is 11.3 Å². The summed E-state index contributed by atoms with van der Waals surface area (Å²) in [7, 11) is 0. The number of rotatable bonds is 4. The highest BCUT2D eigenvalue weighted by Gasteiger charge is 2.19. The maximum Gasteiger partial charge on any atom is 0.442 e. The van der Waals surface area contributed by atoms with Crippen molar-refractivity contribution in [3.8, 4) is 10.7 Å². The van der Waals surface area contributed by atoms with Gasteiger partial charge in [0.05, 0.1) is 11.4 Å². The number of benzene rings is 1. The van der Waals surface area contributed by atoms with Crippen LogP contribution in [0.1, 0.15) is 10.4 Å². The van der Waals surface area contributed by atoms with Crippen LogP contribution in [-0.4, -0.2) is 20.5 Å². The number of Topliss-reactive ketones (excluding diaryl/α,β-unsaturated/α-hetero) is 1. The number of aromatic nitrogens is 3. The molecule has 0 bridgehead atoms. The van der Waals surface area contributed by atoms with Crippen LogP contribution in [0.4, 0.5) is 0 Å².